The maximum atomic E-state index is 11.5. The van der Waals surface area contributed by atoms with Gasteiger partial charge in [-0.15, -0.1) is 0 Å². The van der Waals surface area contributed by atoms with Gasteiger partial charge in [0.15, 0.2) is 5.78 Å². The molecule has 0 aromatic carbocycles. The molecule has 0 aromatic heterocycles. The lowest BCUT2D eigenvalue weighted by Crippen LogP contribution is -2.37. The molecule has 0 heterocycles. The SMILES string of the molecule is CCN(CC)CC[C@@H](N)C(=O)C(C)C. The van der Waals surface area contributed by atoms with E-state index in [1.165, 1.54) is 0 Å². The van der Waals surface area contributed by atoms with Crippen LogP contribution in [0.4, 0.5) is 0 Å². The Morgan fingerprint density at radius 1 is 1.29 bits per heavy atom. The van der Waals surface area contributed by atoms with Crippen molar-refractivity contribution in [2.24, 2.45) is 11.7 Å². The van der Waals surface area contributed by atoms with Crippen LogP contribution < -0.4 is 5.73 Å². The minimum absolute atomic E-state index is 0.0571. The normalized spacial score (nSPS) is 13.6. The zero-order chi connectivity index (χ0) is 11.1. The van der Waals surface area contributed by atoms with Crippen LogP contribution >= 0.6 is 0 Å². The van der Waals surface area contributed by atoms with E-state index in [1.54, 1.807) is 0 Å². The van der Waals surface area contributed by atoms with Crippen LogP contribution in [-0.4, -0.2) is 36.4 Å². The summed E-state index contributed by atoms with van der Waals surface area (Å²) >= 11 is 0. The van der Waals surface area contributed by atoms with Crippen molar-refractivity contribution in [1.82, 2.24) is 4.90 Å². The molecule has 1 atom stereocenters. The lowest BCUT2D eigenvalue weighted by Gasteiger charge is -2.20. The fourth-order valence-corrected chi connectivity index (χ4v) is 1.43. The van der Waals surface area contributed by atoms with Gasteiger partial charge in [0.2, 0.25) is 0 Å². The summed E-state index contributed by atoms with van der Waals surface area (Å²) in [5, 5.41) is 0. The Balaban J connectivity index is 3.83. The van der Waals surface area contributed by atoms with E-state index < -0.39 is 0 Å². The molecule has 3 nitrogen and oxygen atoms in total. The molecular formula is C11H24N2O. The molecule has 84 valence electrons. The fourth-order valence-electron chi connectivity index (χ4n) is 1.43. The highest BCUT2D eigenvalue weighted by Crippen LogP contribution is 2.02. The predicted octanol–water partition coefficient (Wildman–Crippen LogP) is 1.27. The fraction of sp³-hybridized carbons (Fsp3) is 0.909. The van der Waals surface area contributed by atoms with Crippen LogP contribution in [0.15, 0.2) is 0 Å². The number of hydrogen-bond acceptors (Lipinski definition) is 3. The monoisotopic (exact) mass is 200 g/mol. The summed E-state index contributed by atoms with van der Waals surface area (Å²) < 4.78 is 0. The average molecular weight is 200 g/mol. The smallest absolute Gasteiger partial charge is 0.152 e. The highest BCUT2D eigenvalue weighted by Gasteiger charge is 2.17. The van der Waals surface area contributed by atoms with Gasteiger partial charge in [-0.3, -0.25) is 4.79 Å². The minimum Gasteiger partial charge on any atom is -0.321 e. The Bertz CT molecular complexity index is 165. The van der Waals surface area contributed by atoms with Crippen molar-refractivity contribution in [1.29, 1.82) is 0 Å². The molecule has 2 N–H and O–H groups in total. The van der Waals surface area contributed by atoms with E-state index in [-0.39, 0.29) is 17.7 Å². The number of rotatable bonds is 7. The second-order valence-corrected chi connectivity index (χ2v) is 3.98. The largest absolute Gasteiger partial charge is 0.321 e. The molecule has 0 aliphatic rings. The van der Waals surface area contributed by atoms with Gasteiger partial charge >= 0.3 is 0 Å². The van der Waals surface area contributed by atoms with Crippen molar-refractivity contribution in [3.8, 4) is 0 Å². The van der Waals surface area contributed by atoms with E-state index in [2.05, 4.69) is 18.7 Å². The lowest BCUT2D eigenvalue weighted by atomic mass is 10.00. The number of hydrogen-bond donors (Lipinski definition) is 1. The van der Waals surface area contributed by atoms with E-state index >= 15 is 0 Å². The summed E-state index contributed by atoms with van der Waals surface area (Å²) in [5.41, 5.74) is 5.80. The topological polar surface area (TPSA) is 46.3 Å². The summed E-state index contributed by atoms with van der Waals surface area (Å²) in [6, 6.07) is -0.282. The molecule has 0 saturated heterocycles. The highest BCUT2D eigenvalue weighted by molar-refractivity contribution is 5.85. The molecule has 0 aromatic rings. The molecule has 3 heteroatoms. The molecule has 0 rings (SSSR count). The summed E-state index contributed by atoms with van der Waals surface area (Å²) in [6.45, 7) is 11.0. The Morgan fingerprint density at radius 3 is 2.14 bits per heavy atom. The molecule has 0 aliphatic heterocycles. The number of carbonyl (C=O) groups excluding carboxylic acids is 1. The van der Waals surface area contributed by atoms with Crippen LogP contribution in [0.2, 0.25) is 0 Å². The molecule has 0 amide bonds. The first kappa shape index (κ1) is 13.6. The van der Waals surface area contributed by atoms with Crippen LogP contribution in [0.3, 0.4) is 0 Å². The number of Topliss-reactive ketones (excluding diaryl/α,β-unsaturated/α-hetero) is 1. The first-order valence-corrected chi connectivity index (χ1v) is 5.54. The maximum absolute atomic E-state index is 11.5. The zero-order valence-corrected chi connectivity index (χ0v) is 9.92. The first-order valence-electron chi connectivity index (χ1n) is 5.54. The van der Waals surface area contributed by atoms with E-state index in [9.17, 15) is 4.79 Å². The van der Waals surface area contributed by atoms with Crippen molar-refractivity contribution in [2.45, 2.75) is 40.2 Å². The van der Waals surface area contributed by atoms with Gasteiger partial charge in [0.05, 0.1) is 6.04 Å². The van der Waals surface area contributed by atoms with Crippen LogP contribution in [0.1, 0.15) is 34.1 Å². The second-order valence-electron chi connectivity index (χ2n) is 3.98. The number of ketones is 1. The van der Waals surface area contributed by atoms with Crippen molar-refractivity contribution in [3.05, 3.63) is 0 Å². The molecule has 14 heavy (non-hydrogen) atoms. The lowest BCUT2D eigenvalue weighted by molar-refractivity contribution is -0.123. The molecule has 0 unspecified atom stereocenters. The molecular weight excluding hydrogens is 176 g/mol. The van der Waals surface area contributed by atoms with Gasteiger partial charge < -0.3 is 10.6 Å². The third-order valence-corrected chi connectivity index (χ3v) is 2.59. The third kappa shape index (κ3) is 4.72. The average Bonchev–Trinajstić information content (AvgIpc) is 2.17. The summed E-state index contributed by atoms with van der Waals surface area (Å²) in [6.07, 6.45) is 0.776. The minimum atomic E-state index is -0.282. The van der Waals surface area contributed by atoms with Crippen LogP contribution in [0.25, 0.3) is 0 Å². The quantitative estimate of drug-likeness (QED) is 0.673. The molecule has 0 radical (unpaired) electrons. The van der Waals surface area contributed by atoms with Crippen molar-refractivity contribution >= 4 is 5.78 Å². The van der Waals surface area contributed by atoms with Crippen molar-refractivity contribution in [2.75, 3.05) is 19.6 Å². The Kier molecular flexibility index (Phi) is 6.75. The highest BCUT2D eigenvalue weighted by atomic mass is 16.1. The van der Waals surface area contributed by atoms with Gasteiger partial charge in [0.25, 0.3) is 0 Å². The van der Waals surface area contributed by atoms with Crippen LogP contribution in [-0.2, 0) is 4.79 Å². The first-order chi connectivity index (χ1) is 6.52. The Labute approximate surface area is 87.6 Å². The van der Waals surface area contributed by atoms with Gasteiger partial charge in [-0.1, -0.05) is 27.7 Å². The van der Waals surface area contributed by atoms with E-state index in [0.717, 1.165) is 26.1 Å². The maximum Gasteiger partial charge on any atom is 0.152 e. The van der Waals surface area contributed by atoms with Gasteiger partial charge in [0, 0.05) is 12.5 Å². The Morgan fingerprint density at radius 2 is 1.79 bits per heavy atom. The van der Waals surface area contributed by atoms with E-state index in [1.807, 2.05) is 13.8 Å². The van der Waals surface area contributed by atoms with E-state index in [4.69, 9.17) is 5.73 Å². The summed E-state index contributed by atoms with van der Waals surface area (Å²) in [4.78, 5) is 13.8. The second kappa shape index (κ2) is 6.96. The molecule has 0 fully saturated rings. The van der Waals surface area contributed by atoms with Crippen LogP contribution in [0.5, 0.6) is 0 Å². The summed E-state index contributed by atoms with van der Waals surface area (Å²) in [7, 11) is 0. The molecule has 0 saturated carbocycles. The summed E-state index contributed by atoms with van der Waals surface area (Å²) in [5.74, 6) is 0.235. The van der Waals surface area contributed by atoms with E-state index in [0.29, 0.717) is 0 Å². The van der Waals surface area contributed by atoms with Gasteiger partial charge in [-0.25, -0.2) is 0 Å². The number of carbonyl (C=O) groups is 1. The van der Waals surface area contributed by atoms with Gasteiger partial charge in [0.1, 0.15) is 0 Å². The van der Waals surface area contributed by atoms with Gasteiger partial charge in [-0.05, 0) is 19.5 Å². The standard InChI is InChI=1S/C11H24N2O/c1-5-13(6-2)8-7-10(12)11(14)9(3)4/h9-10H,5-8,12H2,1-4H3/t10-/m1/s1. The molecule has 0 bridgehead atoms. The van der Waals surface area contributed by atoms with Crippen molar-refractivity contribution in [3.63, 3.8) is 0 Å². The van der Waals surface area contributed by atoms with Crippen molar-refractivity contribution < 1.29 is 4.79 Å². The zero-order valence-electron chi connectivity index (χ0n) is 9.92. The molecule has 0 spiro atoms. The van der Waals surface area contributed by atoms with Crippen LogP contribution in [0, 0.1) is 5.92 Å². The number of nitrogens with two attached hydrogens (primary N) is 1. The predicted molar refractivity (Wildman–Crippen MR) is 60.2 cm³/mol. The number of nitrogens with zero attached hydrogens (tertiary/aromatic N) is 1. The van der Waals surface area contributed by atoms with Gasteiger partial charge in [-0.2, -0.15) is 0 Å². The third-order valence-electron chi connectivity index (χ3n) is 2.59. The molecule has 0 aliphatic carbocycles. The Hall–Kier alpha value is -0.410.